The number of halogens is 1. The van der Waals surface area contributed by atoms with Crippen molar-refractivity contribution in [3.8, 4) is 0 Å². The molecule has 8 heteroatoms. The Hall–Kier alpha value is -2.74. The number of nitrogens with zero attached hydrogens (tertiary/aromatic N) is 1. The van der Waals surface area contributed by atoms with Gasteiger partial charge in [0.2, 0.25) is 0 Å². The van der Waals surface area contributed by atoms with Crippen LogP contribution in [0.5, 0.6) is 0 Å². The van der Waals surface area contributed by atoms with Gasteiger partial charge in [0.05, 0.1) is 11.4 Å². The number of amides is 1. The fourth-order valence-electron chi connectivity index (χ4n) is 2.08. The van der Waals surface area contributed by atoms with Crippen LogP contribution in [0.15, 0.2) is 53.4 Å². The monoisotopic (exact) mass is 364 g/mol. The topological polar surface area (TPSA) is 83.6 Å². The molecule has 0 aliphatic heterocycles. The smallest absolute Gasteiger partial charge is 0.332 e. The van der Waals surface area contributed by atoms with Crippen LogP contribution < -0.4 is 10.2 Å². The molecule has 1 N–H and O–H groups in total. The minimum absolute atomic E-state index is 0.128. The van der Waals surface area contributed by atoms with E-state index in [9.17, 15) is 21.9 Å². The summed E-state index contributed by atoms with van der Waals surface area (Å²) in [5.74, 6) is -0.817. The Morgan fingerprint density at radius 1 is 0.960 bits per heavy atom. The zero-order valence-electron chi connectivity index (χ0n) is 13.7. The van der Waals surface area contributed by atoms with Crippen molar-refractivity contribution in [3.63, 3.8) is 0 Å². The summed E-state index contributed by atoms with van der Waals surface area (Å²) in [5.41, 5.74) is 1.54. The first-order chi connectivity index (χ1) is 11.7. The van der Waals surface area contributed by atoms with Gasteiger partial charge in [0.15, 0.2) is 5.78 Å². The summed E-state index contributed by atoms with van der Waals surface area (Å²) in [6, 6.07) is 11.3. The molecule has 0 saturated carbocycles. The number of anilines is 1. The standard InChI is InChI=1S/C17H17FN2O4S/c1-20(2)14-7-3-12(4-8-14)16(21)11-19-17(22)13-5-9-15(10-6-13)25(18,23)24/h3-10H,11H2,1-2H3,(H,19,22). The van der Waals surface area contributed by atoms with Gasteiger partial charge < -0.3 is 10.2 Å². The van der Waals surface area contributed by atoms with E-state index < -0.39 is 21.0 Å². The third-order valence-electron chi connectivity index (χ3n) is 3.51. The maximum Gasteiger partial charge on any atom is 0.332 e. The molecule has 0 unspecified atom stereocenters. The normalized spacial score (nSPS) is 11.0. The molecule has 0 aliphatic carbocycles. The molecule has 6 nitrogen and oxygen atoms in total. The Bertz CT molecular complexity index is 876. The molecule has 25 heavy (non-hydrogen) atoms. The molecule has 2 aromatic rings. The second-order valence-corrected chi connectivity index (χ2v) is 6.86. The summed E-state index contributed by atoms with van der Waals surface area (Å²) < 4.78 is 34.3. The molecule has 132 valence electrons. The van der Waals surface area contributed by atoms with Crippen LogP contribution in [-0.2, 0) is 10.2 Å². The van der Waals surface area contributed by atoms with Crippen LogP contribution in [0.1, 0.15) is 20.7 Å². The third kappa shape index (κ3) is 4.87. The predicted octanol–water partition coefficient (Wildman–Crippen LogP) is 2.02. The minimum Gasteiger partial charge on any atom is -0.378 e. The van der Waals surface area contributed by atoms with Crippen LogP contribution in [0.3, 0.4) is 0 Å². The number of carbonyl (C=O) groups excluding carboxylic acids is 2. The molecule has 0 heterocycles. The molecule has 0 bridgehead atoms. The van der Waals surface area contributed by atoms with Crippen molar-refractivity contribution in [3.05, 3.63) is 59.7 Å². The Labute approximate surface area is 145 Å². The number of hydrogen-bond acceptors (Lipinski definition) is 5. The van der Waals surface area contributed by atoms with Gasteiger partial charge in [0.25, 0.3) is 5.91 Å². The number of rotatable bonds is 6. The van der Waals surface area contributed by atoms with E-state index in [-0.39, 0.29) is 17.9 Å². The summed E-state index contributed by atoms with van der Waals surface area (Å²) >= 11 is 0. The average Bonchev–Trinajstić information content (AvgIpc) is 2.58. The van der Waals surface area contributed by atoms with Gasteiger partial charge in [-0.2, -0.15) is 8.42 Å². The fourth-order valence-corrected chi connectivity index (χ4v) is 2.54. The number of hydrogen-bond donors (Lipinski definition) is 1. The Balaban J connectivity index is 1.98. The van der Waals surface area contributed by atoms with Crippen molar-refractivity contribution >= 4 is 27.6 Å². The lowest BCUT2D eigenvalue weighted by atomic mass is 10.1. The van der Waals surface area contributed by atoms with E-state index in [2.05, 4.69) is 5.32 Å². The summed E-state index contributed by atoms with van der Waals surface area (Å²) in [4.78, 5) is 25.4. The van der Waals surface area contributed by atoms with E-state index in [0.717, 1.165) is 17.8 Å². The maximum atomic E-state index is 12.8. The fraction of sp³-hybridized carbons (Fsp3) is 0.176. The maximum absolute atomic E-state index is 12.8. The predicted molar refractivity (Wildman–Crippen MR) is 92.2 cm³/mol. The molecular weight excluding hydrogens is 347 g/mol. The summed E-state index contributed by atoms with van der Waals surface area (Å²) in [7, 11) is -1.04. The van der Waals surface area contributed by atoms with Gasteiger partial charge in [-0.3, -0.25) is 9.59 Å². The quantitative estimate of drug-likeness (QED) is 0.626. The highest BCUT2D eigenvalue weighted by Gasteiger charge is 2.14. The molecule has 2 aromatic carbocycles. The van der Waals surface area contributed by atoms with Crippen LogP contribution >= 0.6 is 0 Å². The molecule has 0 aromatic heterocycles. The highest BCUT2D eigenvalue weighted by molar-refractivity contribution is 7.86. The zero-order chi connectivity index (χ0) is 18.6. The van der Waals surface area contributed by atoms with E-state index in [1.807, 2.05) is 19.0 Å². The Morgan fingerprint density at radius 3 is 1.96 bits per heavy atom. The van der Waals surface area contributed by atoms with Crippen LogP contribution in [0.25, 0.3) is 0 Å². The van der Waals surface area contributed by atoms with Crippen molar-refractivity contribution in [2.45, 2.75) is 4.90 Å². The second-order valence-electron chi connectivity index (χ2n) is 5.51. The Kier molecular flexibility index (Phi) is 5.53. The second kappa shape index (κ2) is 7.43. The molecular formula is C17H17FN2O4S. The van der Waals surface area contributed by atoms with E-state index in [4.69, 9.17) is 0 Å². The average molecular weight is 364 g/mol. The third-order valence-corrected chi connectivity index (χ3v) is 4.35. The van der Waals surface area contributed by atoms with E-state index in [0.29, 0.717) is 5.56 Å². The number of benzene rings is 2. The molecule has 0 atom stereocenters. The molecule has 1 amide bonds. The highest BCUT2D eigenvalue weighted by Crippen LogP contribution is 2.14. The van der Waals surface area contributed by atoms with Crippen LogP contribution in [0.2, 0.25) is 0 Å². The van der Waals surface area contributed by atoms with Gasteiger partial charge in [0.1, 0.15) is 0 Å². The summed E-state index contributed by atoms with van der Waals surface area (Å²) in [6.07, 6.45) is 0. The first-order valence-corrected chi connectivity index (χ1v) is 8.70. The van der Waals surface area contributed by atoms with Crippen molar-refractivity contribution < 1.29 is 21.9 Å². The van der Waals surface area contributed by atoms with Crippen molar-refractivity contribution in [1.29, 1.82) is 0 Å². The van der Waals surface area contributed by atoms with Gasteiger partial charge in [-0.05, 0) is 48.5 Å². The largest absolute Gasteiger partial charge is 0.378 e. The van der Waals surface area contributed by atoms with Gasteiger partial charge in [-0.1, -0.05) is 0 Å². The lowest BCUT2D eigenvalue weighted by Gasteiger charge is -2.12. The van der Waals surface area contributed by atoms with Crippen LogP contribution in [0.4, 0.5) is 9.57 Å². The molecule has 0 aliphatic rings. The van der Waals surface area contributed by atoms with Gasteiger partial charge in [0, 0.05) is 30.9 Å². The summed E-state index contributed by atoms with van der Waals surface area (Å²) in [6.45, 7) is -0.205. The first-order valence-electron chi connectivity index (χ1n) is 7.32. The molecule has 0 spiro atoms. The summed E-state index contributed by atoms with van der Waals surface area (Å²) in [5, 5.41) is 2.45. The lowest BCUT2D eigenvalue weighted by molar-refractivity contribution is 0.0904. The lowest BCUT2D eigenvalue weighted by Crippen LogP contribution is -2.29. The molecule has 0 saturated heterocycles. The molecule has 2 rings (SSSR count). The SMILES string of the molecule is CN(C)c1ccc(C(=O)CNC(=O)c2ccc(S(=O)(=O)F)cc2)cc1. The Morgan fingerprint density at radius 2 is 1.48 bits per heavy atom. The number of Topliss-reactive ketones (excluding diaryl/α,β-unsaturated/α-hetero) is 1. The van der Waals surface area contributed by atoms with Crippen molar-refractivity contribution in [2.75, 3.05) is 25.5 Å². The number of nitrogens with one attached hydrogen (secondary N) is 1. The van der Waals surface area contributed by atoms with Crippen LogP contribution in [-0.4, -0.2) is 40.7 Å². The zero-order valence-corrected chi connectivity index (χ0v) is 14.5. The molecule has 0 fully saturated rings. The van der Waals surface area contributed by atoms with E-state index in [1.54, 1.807) is 24.3 Å². The minimum atomic E-state index is -4.81. The van der Waals surface area contributed by atoms with Crippen LogP contribution in [0, 0.1) is 0 Å². The van der Waals surface area contributed by atoms with Crippen molar-refractivity contribution in [1.82, 2.24) is 5.32 Å². The first kappa shape index (κ1) is 18.6. The van der Waals surface area contributed by atoms with Crippen molar-refractivity contribution in [2.24, 2.45) is 0 Å². The van der Waals surface area contributed by atoms with Gasteiger partial charge in [-0.15, -0.1) is 3.89 Å². The molecule has 0 radical (unpaired) electrons. The van der Waals surface area contributed by atoms with Gasteiger partial charge in [-0.25, -0.2) is 0 Å². The number of carbonyl (C=O) groups is 2. The number of ketones is 1. The van der Waals surface area contributed by atoms with E-state index in [1.165, 1.54) is 12.1 Å². The van der Waals surface area contributed by atoms with Gasteiger partial charge >= 0.3 is 10.2 Å². The van der Waals surface area contributed by atoms with E-state index >= 15 is 0 Å². The highest BCUT2D eigenvalue weighted by atomic mass is 32.3.